The molecule has 0 N–H and O–H groups in total. The van der Waals surface area contributed by atoms with Crippen LogP contribution in [0.2, 0.25) is 0 Å². The number of carbonyl (C=O) groups excluding carboxylic acids is 1. The Morgan fingerprint density at radius 1 is 1.16 bits per heavy atom. The molecule has 19 heavy (non-hydrogen) atoms. The fourth-order valence-corrected chi connectivity index (χ4v) is 2.25. The van der Waals surface area contributed by atoms with E-state index in [9.17, 15) is 9.59 Å². The zero-order valence-electron chi connectivity index (χ0n) is 10.3. The lowest BCUT2D eigenvalue weighted by Gasteiger charge is -2.28. The second kappa shape index (κ2) is 4.85. The summed E-state index contributed by atoms with van der Waals surface area (Å²) in [6.07, 6.45) is 0.572. The van der Waals surface area contributed by atoms with Crippen LogP contribution in [0, 0.1) is 0 Å². The summed E-state index contributed by atoms with van der Waals surface area (Å²) in [6, 6.07) is 6.95. The van der Waals surface area contributed by atoms with E-state index in [0.29, 0.717) is 49.4 Å². The zero-order chi connectivity index (χ0) is 13.2. The first kappa shape index (κ1) is 11.9. The number of para-hydroxylation sites is 1. The maximum absolute atomic E-state index is 12.3. The summed E-state index contributed by atoms with van der Waals surface area (Å²) in [5, 5.41) is 0.432. The Hall–Kier alpha value is -2.14. The Balaban J connectivity index is 2.22. The molecular formula is C14H13NO4. The molecule has 0 unspecified atom stereocenters. The molecule has 0 bridgehead atoms. The van der Waals surface area contributed by atoms with Crippen molar-refractivity contribution in [3.8, 4) is 0 Å². The SMILES string of the molecule is O=Cc1c(N2CCOCC2)oc2ccccc2c1=O. The number of hydrogen-bond acceptors (Lipinski definition) is 5. The Kier molecular flexibility index (Phi) is 3.05. The van der Waals surface area contributed by atoms with E-state index in [1.165, 1.54) is 0 Å². The lowest BCUT2D eigenvalue weighted by molar-refractivity contribution is 0.111. The number of rotatable bonds is 2. The average Bonchev–Trinajstić information content (AvgIpc) is 2.48. The Morgan fingerprint density at radius 3 is 2.63 bits per heavy atom. The fourth-order valence-electron chi connectivity index (χ4n) is 2.25. The van der Waals surface area contributed by atoms with Crippen molar-refractivity contribution in [2.24, 2.45) is 0 Å². The number of nitrogens with zero attached hydrogens (tertiary/aromatic N) is 1. The third-order valence-corrected chi connectivity index (χ3v) is 3.23. The van der Waals surface area contributed by atoms with Crippen LogP contribution < -0.4 is 10.3 Å². The fraction of sp³-hybridized carbons (Fsp3) is 0.286. The highest BCUT2D eigenvalue weighted by Gasteiger charge is 2.21. The summed E-state index contributed by atoms with van der Waals surface area (Å²) in [4.78, 5) is 25.4. The Labute approximate surface area is 109 Å². The Bertz CT molecular complexity index is 671. The first-order valence-electron chi connectivity index (χ1n) is 6.15. The topological polar surface area (TPSA) is 59.8 Å². The average molecular weight is 259 g/mol. The molecule has 3 rings (SSSR count). The van der Waals surface area contributed by atoms with Crippen molar-refractivity contribution in [1.82, 2.24) is 0 Å². The van der Waals surface area contributed by atoms with Gasteiger partial charge in [-0.15, -0.1) is 0 Å². The number of benzene rings is 1. The monoisotopic (exact) mass is 259 g/mol. The maximum Gasteiger partial charge on any atom is 0.210 e. The highest BCUT2D eigenvalue weighted by Crippen LogP contribution is 2.23. The number of carbonyl (C=O) groups is 1. The van der Waals surface area contributed by atoms with Gasteiger partial charge >= 0.3 is 0 Å². The zero-order valence-corrected chi connectivity index (χ0v) is 10.3. The number of morpholine rings is 1. The van der Waals surface area contributed by atoms with E-state index in [-0.39, 0.29) is 11.0 Å². The molecule has 0 saturated carbocycles. The molecule has 1 fully saturated rings. The second-order valence-corrected chi connectivity index (χ2v) is 4.36. The minimum Gasteiger partial charge on any atom is -0.439 e. The van der Waals surface area contributed by atoms with Gasteiger partial charge in [-0.25, -0.2) is 0 Å². The van der Waals surface area contributed by atoms with Gasteiger partial charge in [0.25, 0.3) is 0 Å². The lowest BCUT2D eigenvalue weighted by Crippen LogP contribution is -2.37. The van der Waals surface area contributed by atoms with Gasteiger partial charge in [0.15, 0.2) is 6.29 Å². The van der Waals surface area contributed by atoms with E-state index in [2.05, 4.69) is 0 Å². The minimum absolute atomic E-state index is 0.0839. The number of aldehydes is 1. The van der Waals surface area contributed by atoms with Crippen molar-refractivity contribution in [3.05, 3.63) is 40.1 Å². The van der Waals surface area contributed by atoms with Crippen molar-refractivity contribution in [3.63, 3.8) is 0 Å². The smallest absolute Gasteiger partial charge is 0.210 e. The van der Waals surface area contributed by atoms with Crippen LogP contribution in [0.15, 0.2) is 33.5 Å². The molecule has 1 aromatic carbocycles. The largest absolute Gasteiger partial charge is 0.439 e. The van der Waals surface area contributed by atoms with Gasteiger partial charge in [-0.05, 0) is 12.1 Å². The molecule has 1 aliphatic rings. The summed E-state index contributed by atoms with van der Waals surface area (Å²) in [5.41, 5.74) is 0.304. The van der Waals surface area contributed by atoms with Crippen LogP contribution in [0.4, 0.5) is 5.88 Å². The molecule has 2 aromatic rings. The highest BCUT2D eigenvalue weighted by molar-refractivity contribution is 5.89. The van der Waals surface area contributed by atoms with Crippen molar-refractivity contribution < 1.29 is 13.9 Å². The minimum atomic E-state index is -0.279. The van der Waals surface area contributed by atoms with Gasteiger partial charge in [0.05, 0.1) is 18.6 Å². The van der Waals surface area contributed by atoms with Crippen LogP contribution >= 0.6 is 0 Å². The van der Waals surface area contributed by atoms with Gasteiger partial charge in [0.2, 0.25) is 11.3 Å². The summed E-state index contributed by atoms with van der Waals surface area (Å²) >= 11 is 0. The number of ether oxygens (including phenoxy) is 1. The molecule has 1 saturated heterocycles. The first-order valence-corrected chi connectivity index (χ1v) is 6.15. The van der Waals surface area contributed by atoms with E-state index >= 15 is 0 Å². The van der Waals surface area contributed by atoms with E-state index in [0.717, 1.165) is 0 Å². The van der Waals surface area contributed by atoms with E-state index < -0.39 is 0 Å². The highest BCUT2D eigenvalue weighted by atomic mass is 16.5. The van der Waals surface area contributed by atoms with Crippen molar-refractivity contribution in [1.29, 1.82) is 0 Å². The molecule has 0 radical (unpaired) electrons. The van der Waals surface area contributed by atoms with Gasteiger partial charge in [0.1, 0.15) is 11.1 Å². The predicted octanol–water partition coefficient (Wildman–Crippen LogP) is 1.44. The van der Waals surface area contributed by atoms with Crippen LogP contribution in [0.1, 0.15) is 10.4 Å². The van der Waals surface area contributed by atoms with Crippen LogP contribution in [-0.4, -0.2) is 32.6 Å². The third kappa shape index (κ3) is 2.02. The normalized spacial score (nSPS) is 15.7. The molecular weight excluding hydrogens is 246 g/mol. The van der Waals surface area contributed by atoms with Crippen LogP contribution in [-0.2, 0) is 4.74 Å². The lowest BCUT2D eigenvalue weighted by atomic mass is 10.1. The molecule has 5 heteroatoms. The molecule has 0 amide bonds. The summed E-state index contributed by atoms with van der Waals surface area (Å²) in [7, 11) is 0. The predicted molar refractivity (Wildman–Crippen MR) is 70.9 cm³/mol. The third-order valence-electron chi connectivity index (χ3n) is 3.23. The molecule has 98 valence electrons. The molecule has 0 spiro atoms. The van der Waals surface area contributed by atoms with Crippen LogP contribution in [0.5, 0.6) is 0 Å². The van der Waals surface area contributed by atoms with Crippen LogP contribution in [0.25, 0.3) is 11.0 Å². The summed E-state index contributed by atoms with van der Waals surface area (Å²) in [6.45, 7) is 2.36. The maximum atomic E-state index is 12.3. The molecule has 2 heterocycles. The van der Waals surface area contributed by atoms with Crippen molar-refractivity contribution in [2.45, 2.75) is 0 Å². The van der Waals surface area contributed by atoms with Gasteiger partial charge in [-0.1, -0.05) is 12.1 Å². The molecule has 5 nitrogen and oxygen atoms in total. The summed E-state index contributed by atoms with van der Waals surface area (Å²) in [5.74, 6) is 0.349. The van der Waals surface area contributed by atoms with Crippen molar-refractivity contribution in [2.75, 3.05) is 31.2 Å². The van der Waals surface area contributed by atoms with E-state index in [4.69, 9.17) is 9.15 Å². The molecule has 0 aliphatic carbocycles. The standard InChI is InChI=1S/C14H13NO4/c16-9-11-13(17)10-3-1-2-4-12(10)19-14(11)15-5-7-18-8-6-15/h1-4,9H,5-8H2. The van der Waals surface area contributed by atoms with Gasteiger partial charge in [-0.2, -0.15) is 0 Å². The van der Waals surface area contributed by atoms with Crippen molar-refractivity contribution >= 4 is 23.1 Å². The quantitative estimate of drug-likeness (QED) is 0.764. The second-order valence-electron chi connectivity index (χ2n) is 4.36. The van der Waals surface area contributed by atoms with Crippen LogP contribution in [0.3, 0.4) is 0 Å². The number of fused-ring (bicyclic) bond motifs is 1. The van der Waals surface area contributed by atoms with Gasteiger partial charge in [0, 0.05) is 13.1 Å². The first-order chi connectivity index (χ1) is 9.31. The van der Waals surface area contributed by atoms with E-state index in [1.807, 2.05) is 4.90 Å². The number of hydrogen-bond donors (Lipinski definition) is 0. The molecule has 1 aromatic heterocycles. The Morgan fingerprint density at radius 2 is 1.89 bits per heavy atom. The summed E-state index contributed by atoms with van der Waals surface area (Å²) < 4.78 is 11.0. The van der Waals surface area contributed by atoms with Gasteiger partial charge in [-0.3, -0.25) is 9.59 Å². The van der Waals surface area contributed by atoms with Gasteiger partial charge < -0.3 is 14.1 Å². The van der Waals surface area contributed by atoms with E-state index in [1.54, 1.807) is 24.3 Å². The molecule has 1 aliphatic heterocycles. The molecule has 0 atom stereocenters. The number of anilines is 1.